The summed E-state index contributed by atoms with van der Waals surface area (Å²) in [4.78, 5) is 45.0. The maximum atomic E-state index is 14.0. The van der Waals surface area contributed by atoms with Gasteiger partial charge in [-0.1, -0.05) is 18.5 Å². The third kappa shape index (κ3) is 6.91. The second-order valence-electron chi connectivity index (χ2n) is 11.2. The van der Waals surface area contributed by atoms with E-state index in [0.717, 1.165) is 12.8 Å². The van der Waals surface area contributed by atoms with E-state index in [1.807, 2.05) is 41.5 Å². The van der Waals surface area contributed by atoms with Gasteiger partial charge in [-0.3, -0.25) is 9.59 Å². The van der Waals surface area contributed by atoms with Gasteiger partial charge in [-0.25, -0.2) is 4.79 Å². The van der Waals surface area contributed by atoms with E-state index in [1.165, 1.54) is 0 Å². The van der Waals surface area contributed by atoms with Gasteiger partial charge in [-0.15, -0.1) is 0 Å². The lowest BCUT2D eigenvalue weighted by Gasteiger charge is -2.42. The zero-order valence-electron chi connectivity index (χ0n) is 23.7. The van der Waals surface area contributed by atoms with Crippen LogP contribution in [0.15, 0.2) is 12.1 Å². The first kappa shape index (κ1) is 30.0. The quantitative estimate of drug-likeness (QED) is 0.416. The van der Waals surface area contributed by atoms with Crippen LogP contribution in [0, 0.1) is 0 Å². The van der Waals surface area contributed by atoms with Gasteiger partial charge in [0.2, 0.25) is 0 Å². The van der Waals surface area contributed by atoms with Crippen LogP contribution in [0.25, 0.3) is 0 Å². The van der Waals surface area contributed by atoms with Crippen LogP contribution < -0.4 is 9.64 Å². The van der Waals surface area contributed by atoms with Crippen LogP contribution in [-0.4, -0.2) is 84.8 Å². The van der Waals surface area contributed by atoms with Crippen molar-refractivity contribution in [2.75, 3.05) is 38.3 Å². The number of methoxy groups -OCH3 is 1. The molecular formula is C28H42ClN3O6. The minimum absolute atomic E-state index is 0.140. The van der Waals surface area contributed by atoms with E-state index in [-0.39, 0.29) is 35.0 Å². The molecule has 1 aromatic carbocycles. The van der Waals surface area contributed by atoms with Gasteiger partial charge in [0.15, 0.2) is 6.10 Å². The van der Waals surface area contributed by atoms with Crippen LogP contribution in [-0.2, 0) is 14.3 Å². The molecule has 0 saturated carbocycles. The van der Waals surface area contributed by atoms with Crippen molar-refractivity contribution in [1.82, 2.24) is 9.80 Å². The van der Waals surface area contributed by atoms with Crippen LogP contribution in [0.5, 0.6) is 5.75 Å². The fourth-order valence-corrected chi connectivity index (χ4v) is 5.23. The lowest BCUT2D eigenvalue weighted by molar-refractivity contribution is -0.126. The summed E-state index contributed by atoms with van der Waals surface area (Å²) in [6.07, 6.45) is 1.70. The number of carbonyl (C=O) groups excluding carboxylic acids is 3. The highest BCUT2D eigenvalue weighted by atomic mass is 35.5. The predicted octanol–water partition coefficient (Wildman–Crippen LogP) is 5.13. The summed E-state index contributed by atoms with van der Waals surface area (Å²) in [7, 11) is 1.62. The molecule has 38 heavy (non-hydrogen) atoms. The summed E-state index contributed by atoms with van der Waals surface area (Å²) in [6, 6.07) is 2.96. The van der Waals surface area contributed by atoms with Crippen molar-refractivity contribution in [3.63, 3.8) is 0 Å². The second kappa shape index (κ2) is 12.6. The van der Waals surface area contributed by atoms with E-state index < -0.39 is 11.7 Å². The molecule has 0 aliphatic carbocycles. The molecule has 9 nitrogen and oxygen atoms in total. The molecule has 212 valence electrons. The van der Waals surface area contributed by atoms with Gasteiger partial charge in [0, 0.05) is 45.5 Å². The largest absolute Gasteiger partial charge is 0.478 e. The SMILES string of the molecule is CCC1Oc2cc(Cl)c(C(=O)N(C(C)C)[C@@H]3CCCN(C(=O)OC(C)(C)C)C3)cc2N(CCCOC)C1=O. The number of amides is 3. The van der Waals surface area contributed by atoms with Crippen LogP contribution in [0.4, 0.5) is 10.5 Å². The van der Waals surface area contributed by atoms with E-state index in [9.17, 15) is 14.4 Å². The van der Waals surface area contributed by atoms with Gasteiger partial charge in [0.25, 0.3) is 11.8 Å². The average molecular weight is 552 g/mol. The van der Waals surface area contributed by atoms with Gasteiger partial charge in [-0.05, 0) is 66.4 Å². The van der Waals surface area contributed by atoms with Crippen LogP contribution in [0.3, 0.4) is 0 Å². The van der Waals surface area contributed by atoms with Crippen LogP contribution in [0.2, 0.25) is 5.02 Å². The van der Waals surface area contributed by atoms with Crippen molar-refractivity contribution in [2.45, 2.75) is 91.0 Å². The van der Waals surface area contributed by atoms with E-state index in [4.69, 9.17) is 25.8 Å². The summed E-state index contributed by atoms with van der Waals surface area (Å²) >= 11 is 6.66. The summed E-state index contributed by atoms with van der Waals surface area (Å²) in [6.45, 7) is 13.2. The molecule has 1 unspecified atom stereocenters. The Morgan fingerprint density at radius 3 is 2.58 bits per heavy atom. The average Bonchev–Trinajstić information content (AvgIpc) is 2.84. The third-order valence-electron chi connectivity index (χ3n) is 6.71. The number of hydrogen-bond donors (Lipinski definition) is 0. The third-order valence-corrected chi connectivity index (χ3v) is 7.03. The standard InChI is InChI=1S/C28H42ClN3O6/c1-8-23-26(34)31(13-10-14-36-7)22-15-20(21(29)16-24(22)37-23)25(33)32(18(2)3)19-11-9-12-30(17-19)27(35)38-28(4,5)6/h15-16,18-19,23H,8-14,17H2,1-7H3/t19-,23?/m1/s1. The van der Waals surface area contributed by atoms with Crippen molar-refractivity contribution in [3.05, 3.63) is 22.7 Å². The lowest BCUT2D eigenvalue weighted by atomic mass is 10.0. The summed E-state index contributed by atoms with van der Waals surface area (Å²) in [5.74, 6) is 0.101. The number of ether oxygens (including phenoxy) is 3. The molecule has 3 amide bonds. The fraction of sp³-hybridized carbons (Fsp3) is 0.679. The molecule has 1 fully saturated rings. The first-order chi connectivity index (χ1) is 17.9. The maximum Gasteiger partial charge on any atom is 0.410 e. The van der Waals surface area contributed by atoms with Crippen molar-refractivity contribution < 1.29 is 28.6 Å². The Balaban J connectivity index is 1.91. The topological polar surface area (TPSA) is 88.6 Å². The highest BCUT2D eigenvalue weighted by molar-refractivity contribution is 6.34. The number of piperidine rings is 1. The lowest BCUT2D eigenvalue weighted by Crippen LogP contribution is -2.54. The Hall–Kier alpha value is -2.52. The molecule has 1 aromatic rings. The zero-order chi connectivity index (χ0) is 28.2. The molecule has 0 bridgehead atoms. The second-order valence-corrected chi connectivity index (χ2v) is 11.6. The highest BCUT2D eigenvalue weighted by Gasteiger charge is 2.38. The van der Waals surface area contributed by atoms with Gasteiger partial charge < -0.3 is 28.9 Å². The van der Waals surface area contributed by atoms with Crippen LogP contribution >= 0.6 is 11.6 Å². The molecule has 2 heterocycles. The number of nitrogens with zero attached hydrogens (tertiary/aromatic N) is 3. The Labute approximate surface area is 231 Å². The number of hydrogen-bond acceptors (Lipinski definition) is 6. The number of fused-ring (bicyclic) bond motifs is 1. The van der Waals surface area contributed by atoms with Gasteiger partial charge in [0.05, 0.1) is 22.3 Å². The first-order valence-corrected chi connectivity index (χ1v) is 13.9. The predicted molar refractivity (Wildman–Crippen MR) is 147 cm³/mol. The van der Waals surface area contributed by atoms with E-state index >= 15 is 0 Å². The van der Waals surface area contributed by atoms with E-state index in [1.54, 1.807) is 33.9 Å². The molecule has 0 spiro atoms. The summed E-state index contributed by atoms with van der Waals surface area (Å²) in [5.41, 5.74) is 0.238. The minimum atomic E-state index is -0.601. The molecule has 1 saturated heterocycles. The van der Waals surface area contributed by atoms with Gasteiger partial charge in [-0.2, -0.15) is 0 Å². The Morgan fingerprint density at radius 2 is 1.97 bits per heavy atom. The Morgan fingerprint density at radius 1 is 1.26 bits per heavy atom. The summed E-state index contributed by atoms with van der Waals surface area (Å²) < 4.78 is 16.7. The number of anilines is 1. The first-order valence-electron chi connectivity index (χ1n) is 13.5. The van der Waals surface area contributed by atoms with E-state index in [2.05, 4.69) is 0 Å². The monoisotopic (exact) mass is 551 g/mol. The molecule has 0 N–H and O–H groups in total. The normalized spacial score (nSPS) is 19.8. The number of halogens is 1. The zero-order valence-corrected chi connectivity index (χ0v) is 24.5. The molecule has 0 radical (unpaired) electrons. The smallest absolute Gasteiger partial charge is 0.410 e. The Bertz CT molecular complexity index is 1020. The molecular weight excluding hydrogens is 510 g/mol. The number of carbonyl (C=O) groups is 3. The van der Waals surface area contributed by atoms with Gasteiger partial charge >= 0.3 is 6.09 Å². The molecule has 0 aromatic heterocycles. The molecule has 2 aliphatic rings. The van der Waals surface area contributed by atoms with Crippen molar-refractivity contribution in [3.8, 4) is 5.75 Å². The van der Waals surface area contributed by atoms with Crippen molar-refractivity contribution in [1.29, 1.82) is 0 Å². The van der Waals surface area contributed by atoms with Crippen molar-refractivity contribution in [2.24, 2.45) is 0 Å². The fourth-order valence-electron chi connectivity index (χ4n) is 5.00. The molecule has 2 aliphatic heterocycles. The molecule has 3 rings (SSSR count). The highest BCUT2D eigenvalue weighted by Crippen LogP contribution is 2.40. The Kier molecular flexibility index (Phi) is 9.92. The van der Waals surface area contributed by atoms with E-state index in [0.29, 0.717) is 56.1 Å². The van der Waals surface area contributed by atoms with Crippen LogP contribution in [0.1, 0.15) is 77.6 Å². The molecule has 10 heteroatoms. The molecule has 2 atom stereocenters. The number of likely N-dealkylation sites (tertiary alicyclic amines) is 1. The number of rotatable bonds is 8. The minimum Gasteiger partial charge on any atom is -0.478 e. The van der Waals surface area contributed by atoms with Gasteiger partial charge in [0.1, 0.15) is 11.4 Å². The maximum absolute atomic E-state index is 14.0. The van der Waals surface area contributed by atoms with Crippen molar-refractivity contribution >= 4 is 35.2 Å². The summed E-state index contributed by atoms with van der Waals surface area (Å²) in [5, 5.41) is 0.264. The number of benzene rings is 1.